The number of hydrogen-bond donors (Lipinski definition) is 3. The van der Waals surface area contributed by atoms with Gasteiger partial charge in [-0.15, -0.1) is 11.3 Å². The fourth-order valence-electron chi connectivity index (χ4n) is 2.23. The first kappa shape index (κ1) is 20.0. The van der Waals surface area contributed by atoms with Gasteiger partial charge in [0.2, 0.25) is 11.8 Å². The molecule has 0 saturated carbocycles. The molecule has 2 rings (SSSR count). The minimum atomic E-state index is -0.650. The number of anilines is 1. The fraction of sp³-hybridized carbons (Fsp3) is 0.389. The summed E-state index contributed by atoms with van der Waals surface area (Å²) in [5, 5.41) is 5.62. The first-order valence-corrected chi connectivity index (χ1v) is 9.11. The number of hydrogen-bond acceptors (Lipinski definition) is 5. The molecule has 2 aromatic rings. The van der Waals surface area contributed by atoms with Gasteiger partial charge in [0.05, 0.1) is 18.3 Å². The molecule has 1 atom stereocenters. The van der Waals surface area contributed by atoms with Crippen molar-refractivity contribution in [1.82, 2.24) is 10.3 Å². The summed E-state index contributed by atoms with van der Waals surface area (Å²) >= 11 is 1.33. The van der Waals surface area contributed by atoms with E-state index in [4.69, 9.17) is 5.73 Å². The minimum absolute atomic E-state index is 0.00921. The number of nitrogens with two attached hydrogens (primary N) is 1. The number of rotatable bonds is 7. The van der Waals surface area contributed by atoms with Gasteiger partial charge in [-0.2, -0.15) is 0 Å². The van der Waals surface area contributed by atoms with E-state index in [2.05, 4.69) is 15.6 Å². The Morgan fingerprint density at radius 3 is 2.73 bits per heavy atom. The van der Waals surface area contributed by atoms with E-state index >= 15 is 0 Å². The molecule has 0 unspecified atom stereocenters. The topological polar surface area (TPSA) is 97.1 Å². The average Bonchev–Trinajstić information content (AvgIpc) is 2.91. The van der Waals surface area contributed by atoms with Gasteiger partial charge in [-0.25, -0.2) is 9.37 Å². The van der Waals surface area contributed by atoms with Gasteiger partial charge in [0.25, 0.3) is 0 Å². The van der Waals surface area contributed by atoms with Crippen molar-refractivity contribution < 1.29 is 14.0 Å². The molecule has 1 heterocycles. The summed E-state index contributed by atoms with van der Waals surface area (Å²) in [6.07, 6.45) is 0.539. The Balaban J connectivity index is 1.92. The van der Waals surface area contributed by atoms with Crippen LogP contribution in [-0.2, 0) is 16.0 Å². The van der Waals surface area contributed by atoms with Gasteiger partial charge in [-0.05, 0) is 30.5 Å². The van der Waals surface area contributed by atoms with Crippen LogP contribution in [0.15, 0.2) is 24.3 Å². The van der Waals surface area contributed by atoms with Crippen LogP contribution < -0.4 is 16.4 Å². The molecular weight excluding hydrogens is 355 g/mol. The minimum Gasteiger partial charge on any atom is -0.346 e. The molecule has 4 N–H and O–H groups in total. The Bertz CT molecular complexity index is 791. The van der Waals surface area contributed by atoms with Crippen molar-refractivity contribution in [2.45, 2.75) is 33.2 Å². The van der Waals surface area contributed by atoms with E-state index in [1.165, 1.54) is 23.5 Å². The molecule has 0 bridgehead atoms. The third-order valence-electron chi connectivity index (χ3n) is 3.84. The van der Waals surface area contributed by atoms with E-state index in [0.29, 0.717) is 11.6 Å². The first-order chi connectivity index (χ1) is 12.3. The molecule has 0 radical (unpaired) electrons. The van der Waals surface area contributed by atoms with Crippen LogP contribution in [0.3, 0.4) is 0 Å². The number of halogens is 1. The lowest BCUT2D eigenvalue weighted by molar-refractivity contribution is -0.125. The highest BCUT2D eigenvalue weighted by Gasteiger charge is 2.18. The van der Waals surface area contributed by atoms with Crippen LogP contribution in [0.2, 0.25) is 0 Å². The van der Waals surface area contributed by atoms with Crippen LogP contribution in [0.25, 0.3) is 0 Å². The number of benzene rings is 1. The third-order valence-corrected chi connectivity index (χ3v) is 4.91. The number of carbonyl (C=O) groups excluding carboxylic acids is 2. The van der Waals surface area contributed by atoms with Crippen LogP contribution >= 0.6 is 11.3 Å². The Kier molecular flexibility index (Phi) is 6.82. The molecule has 0 fully saturated rings. The highest BCUT2D eigenvalue weighted by atomic mass is 32.1. The van der Waals surface area contributed by atoms with Gasteiger partial charge < -0.3 is 16.4 Å². The van der Waals surface area contributed by atoms with E-state index in [-0.39, 0.29) is 30.1 Å². The lowest BCUT2D eigenvalue weighted by Crippen LogP contribution is -2.46. The fourth-order valence-corrected chi connectivity index (χ4v) is 3.24. The molecule has 0 aliphatic rings. The second kappa shape index (κ2) is 8.86. The number of nitrogens with zero attached hydrogens (tertiary/aromatic N) is 1. The van der Waals surface area contributed by atoms with Crippen LogP contribution in [-0.4, -0.2) is 29.4 Å². The molecule has 1 aromatic heterocycles. The average molecular weight is 378 g/mol. The van der Waals surface area contributed by atoms with Gasteiger partial charge in [-0.1, -0.05) is 26.0 Å². The number of aromatic nitrogens is 1. The van der Waals surface area contributed by atoms with Crippen molar-refractivity contribution >= 4 is 28.3 Å². The molecule has 0 spiro atoms. The molecule has 1 aromatic carbocycles. The summed E-state index contributed by atoms with van der Waals surface area (Å²) in [5.41, 5.74) is 7.34. The molecule has 140 valence electrons. The monoisotopic (exact) mass is 378 g/mol. The Morgan fingerprint density at radius 1 is 1.35 bits per heavy atom. The molecule has 26 heavy (non-hydrogen) atoms. The SMILES string of the molecule is Cc1nc(NC(=O)CNC(=O)[C@@H](N)C(C)C)sc1Cc1cccc(F)c1. The number of nitrogens with one attached hydrogen (secondary N) is 2. The summed E-state index contributed by atoms with van der Waals surface area (Å²) in [5.74, 6) is -1.03. The number of thiazole rings is 1. The normalized spacial score (nSPS) is 12.1. The molecule has 8 heteroatoms. The van der Waals surface area contributed by atoms with Crippen LogP contribution in [0.5, 0.6) is 0 Å². The van der Waals surface area contributed by atoms with E-state index in [9.17, 15) is 14.0 Å². The van der Waals surface area contributed by atoms with Gasteiger partial charge in [0.1, 0.15) is 5.82 Å². The number of carbonyl (C=O) groups is 2. The molecule has 6 nitrogen and oxygen atoms in total. The van der Waals surface area contributed by atoms with Gasteiger partial charge >= 0.3 is 0 Å². The maximum Gasteiger partial charge on any atom is 0.245 e. The van der Waals surface area contributed by atoms with E-state index in [0.717, 1.165) is 16.1 Å². The van der Waals surface area contributed by atoms with Crippen molar-refractivity contribution in [2.75, 3.05) is 11.9 Å². The Morgan fingerprint density at radius 2 is 2.08 bits per heavy atom. The van der Waals surface area contributed by atoms with Crippen LogP contribution in [0, 0.1) is 18.7 Å². The summed E-state index contributed by atoms with van der Waals surface area (Å²) in [6, 6.07) is 5.73. The van der Waals surface area contributed by atoms with Crippen molar-refractivity contribution in [3.63, 3.8) is 0 Å². The predicted molar refractivity (Wildman–Crippen MR) is 101 cm³/mol. The second-order valence-corrected chi connectivity index (χ2v) is 7.45. The lowest BCUT2D eigenvalue weighted by atomic mass is 10.1. The summed E-state index contributed by atoms with van der Waals surface area (Å²) in [7, 11) is 0. The summed E-state index contributed by atoms with van der Waals surface area (Å²) in [4.78, 5) is 29.0. The van der Waals surface area contributed by atoms with Gasteiger partial charge in [0, 0.05) is 11.3 Å². The number of aryl methyl sites for hydroxylation is 1. The first-order valence-electron chi connectivity index (χ1n) is 8.30. The predicted octanol–water partition coefficient (Wildman–Crippen LogP) is 2.22. The maximum atomic E-state index is 13.3. The van der Waals surface area contributed by atoms with Crippen molar-refractivity contribution in [1.29, 1.82) is 0 Å². The van der Waals surface area contributed by atoms with Crippen molar-refractivity contribution in [3.8, 4) is 0 Å². The van der Waals surface area contributed by atoms with Crippen molar-refractivity contribution in [2.24, 2.45) is 11.7 Å². The van der Waals surface area contributed by atoms with Crippen LogP contribution in [0.4, 0.5) is 9.52 Å². The van der Waals surface area contributed by atoms with E-state index in [1.807, 2.05) is 26.8 Å². The largest absolute Gasteiger partial charge is 0.346 e. The number of amides is 2. The van der Waals surface area contributed by atoms with E-state index in [1.54, 1.807) is 6.07 Å². The Hall–Kier alpha value is -2.32. The molecule has 2 amide bonds. The zero-order chi connectivity index (χ0) is 19.3. The van der Waals surface area contributed by atoms with Gasteiger partial charge in [0.15, 0.2) is 5.13 Å². The lowest BCUT2D eigenvalue weighted by Gasteiger charge is -2.14. The van der Waals surface area contributed by atoms with E-state index < -0.39 is 6.04 Å². The molecule has 0 aliphatic carbocycles. The zero-order valence-electron chi connectivity index (χ0n) is 15.0. The molecular formula is C18H23FN4O2S. The second-order valence-electron chi connectivity index (χ2n) is 6.37. The quantitative estimate of drug-likeness (QED) is 0.688. The van der Waals surface area contributed by atoms with Crippen LogP contribution in [0.1, 0.15) is 30.0 Å². The van der Waals surface area contributed by atoms with Gasteiger partial charge in [-0.3, -0.25) is 9.59 Å². The highest BCUT2D eigenvalue weighted by molar-refractivity contribution is 7.15. The Labute approximate surface area is 156 Å². The summed E-state index contributed by atoms with van der Waals surface area (Å²) in [6.45, 7) is 5.34. The molecule has 0 aliphatic heterocycles. The standard InChI is InChI=1S/C18H23FN4O2S/c1-10(2)16(20)17(25)21-9-15(24)23-18-22-11(3)14(26-18)8-12-5-4-6-13(19)7-12/h4-7,10,16H,8-9,20H2,1-3H3,(H,21,25)(H,22,23,24)/t16-/m0/s1. The zero-order valence-corrected chi connectivity index (χ0v) is 15.8. The van der Waals surface area contributed by atoms with Crippen molar-refractivity contribution in [3.05, 3.63) is 46.2 Å². The maximum absolute atomic E-state index is 13.3. The third kappa shape index (κ3) is 5.60. The molecule has 0 saturated heterocycles. The summed E-state index contributed by atoms with van der Waals surface area (Å²) < 4.78 is 13.3. The smallest absolute Gasteiger partial charge is 0.245 e. The highest BCUT2D eigenvalue weighted by Crippen LogP contribution is 2.25.